The van der Waals surface area contributed by atoms with Crippen molar-refractivity contribution in [3.63, 3.8) is 0 Å². The molecule has 1 N–H and O–H groups in total. The summed E-state index contributed by atoms with van der Waals surface area (Å²) in [5, 5.41) is 9.62. The van der Waals surface area contributed by atoms with E-state index in [0.717, 1.165) is 19.3 Å². The average Bonchev–Trinajstić information content (AvgIpc) is 1.81. The summed E-state index contributed by atoms with van der Waals surface area (Å²) in [6.07, 6.45) is 4.20. The molecule has 0 aromatic carbocycles. The van der Waals surface area contributed by atoms with Crippen molar-refractivity contribution in [3.05, 3.63) is 0 Å². The van der Waals surface area contributed by atoms with Gasteiger partial charge in [0.2, 0.25) is 0 Å². The van der Waals surface area contributed by atoms with Crippen LogP contribution in [0, 0.1) is 11.3 Å². The summed E-state index contributed by atoms with van der Waals surface area (Å²) in [4.78, 5) is 0. The van der Waals surface area contributed by atoms with E-state index in [2.05, 4.69) is 34.6 Å². The molecule has 0 aliphatic heterocycles. The first-order valence-corrected chi connectivity index (χ1v) is 5.49. The molecule has 0 bridgehead atoms. The van der Waals surface area contributed by atoms with Gasteiger partial charge in [-0.2, -0.15) is 0 Å². The van der Waals surface area contributed by atoms with Crippen molar-refractivity contribution in [2.24, 2.45) is 11.3 Å². The highest BCUT2D eigenvalue weighted by Crippen LogP contribution is 2.22. The fourth-order valence-electron chi connectivity index (χ4n) is 1.53. The van der Waals surface area contributed by atoms with Crippen molar-refractivity contribution in [2.75, 3.05) is 0 Å². The van der Waals surface area contributed by atoms with Crippen molar-refractivity contribution in [1.29, 1.82) is 0 Å². The van der Waals surface area contributed by atoms with Gasteiger partial charge in [0.15, 0.2) is 0 Å². The second kappa shape index (κ2) is 5.64. The summed E-state index contributed by atoms with van der Waals surface area (Å²) in [6.45, 7) is 11.1. The van der Waals surface area contributed by atoms with Gasteiger partial charge >= 0.3 is 0 Å². The summed E-state index contributed by atoms with van der Waals surface area (Å²) < 4.78 is 0. The molecule has 1 heteroatoms. The molecule has 1 nitrogen and oxygen atoms in total. The Morgan fingerprint density at radius 1 is 1.15 bits per heavy atom. The molecule has 0 aromatic heterocycles. The Balaban J connectivity index is 3.42. The predicted molar refractivity (Wildman–Crippen MR) is 58.8 cm³/mol. The van der Waals surface area contributed by atoms with Gasteiger partial charge in [0.1, 0.15) is 0 Å². The molecule has 0 aliphatic carbocycles. The lowest BCUT2D eigenvalue weighted by Gasteiger charge is -2.19. The Kier molecular flexibility index (Phi) is 5.62. The number of aliphatic hydroxyl groups excluding tert-OH is 1. The van der Waals surface area contributed by atoms with Gasteiger partial charge in [-0.1, -0.05) is 41.0 Å². The van der Waals surface area contributed by atoms with Crippen molar-refractivity contribution in [3.8, 4) is 0 Å². The lowest BCUT2D eigenvalue weighted by Crippen LogP contribution is -2.12. The van der Waals surface area contributed by atoms with E-state index in [4.69, 9.17) is 0 Å². The number of hydrogen-bond donors (Lipinski definition) is 1. The zero-order valence-electron chi connectivity index (χ0n) is 9.93. The average molecular weight is 186 g/mol. The van der Waals surface area contributed by atoms with Crippen molar-refractivity contribution < 1.29 is 5.11 Å². The van der Waals surface area contributed by atoms with E-state index >= 15 is 0 Å². The topological polar surface area (TPSA) is 20.2 Å². The maximum atomic E-state index is 9.62. The van der Waals surface area contributed by atoms with Crippen LogP contribution in [0.15, 0.2) is 0 Å². The van der Waals surface area contributed by atoms with Crippen LogP contribution in [0.2, 0.25) is 0 Å². The molecule has 0 rings (SSSR count). The van der Waals surface area contributed by atoms with Crippen LogP contribution in [-0.2, 0) is 0 Å². The van der Waals surface area contributed by atoms with Gasteiger partial charge in [-0.25, -0.2) is 0 Å². The summed E-state index contributed by atoms with van der Waals surface area (Å²) in [7, 11) is 0. The van der Waals surface area contributed by atoms with E-state index in [1.165, 1.54) is 6.42 Å². The molecule has 0 aromatic rings. The van der Waals surface area contributed by atoms with Crippen molar-refractivity contribution in [2.45, 2.75) is 66.4 Å². The van der Waals surface area contributed by atoms with Crippen LogP contribution in [0.3, 0.4) is 0 Å². The molecule has 0 saturated carbocycles. The normalized spacial score (nSPS) is 15.0. The zero-order valence-corrected chi connectivity index (χ0v) is 9.93. The minimum absolute atomic E-state index is 0.0812. The summed E-state index contributed by atoms with van der Waals surface area (Å²) in [5.41, 5.74) is 0.414. The quantitative estimate of drug-likeness (QED) is 0.695. The third-order valence-corrected chi connectivity index (χ3v) is 2.21. The summed E-state index contributed by atoms with van der Waals surface area (Å²) in [6, 6.07) is 0. The summed E-state index contributed by atoms with van der Waals surface area (Å²) >= 11 is 0. The molecule has 1 unspecified atom stereocenters. The Hall–Kier alpha value is -0.0400. The highest BCUT2D eigenvalue weighted by molar-refractivity contribution is 4.64. The highest BCUT2D eigenvalue weighted by atomic mass is 16.3. The summed E-state index contributed by atoms with van der Waals surface area (Å²) in [5.74, 6) is 0.615. The van der Waals surface area contributed by atoms with Gasteiger partial charge in [-0.15, -0.1) is 0 Å². The first-order chi connectivity index (χ1) is 5.81. The molecule has 0 aliphatic rings. The maximum Gasteiger partial charge on any atom is 0.0542 e. The maximum absolute atomic E-state index is 9.62. The van der Waals surface area contributed by atoms with E-state index in [0.29, 0.717) is 11.3 Å². The number of hydrogen-bond acceptors (Lipinski definition) is 1. The molecular weight excluding hydrogens is 160 g/mol. The van der Waals surface area contributed by atoms with E-state index in [9.17, 15) is 5.11 Å². The Morgan fingerprint density at radius 3 is 2.08 bits per heavy atom. The molecule has 0 fully saturated rings. The van der Waals surface area contributed by atoms with Crippen LogP contribution < -0.4 is 0 Å². The molecule has 0 amide bonds. The molecule has 0 radical (unpaired) electrons. The largest absolute Gasteiger partial charge is 0.393 e. The third kappa shape index (κ3) is 9.88. The van der Waals surface area contributed by atoms with E-state index in [1.807, 2.05) is 0 Å². The molecule has 0 spiro atoms. The Labute approximate surface area is 83.5 Å². The minimum Gasteiger partial charge on any atom is -0.393 e. The lowest BCUT2D eigenvalue weighted by molar-refractivity contribution is 0.132. The van der Waals surface area contributed by atoms with Crippen LogP contribution in [-0.4, -0.2) is 11.2 Å². The smallest absolute Gasteiger partial charge is 0.0542 e. The van der Waals surface area contributed by atoms with Gasteiger partial charge in [0.25, 0.3) is 0 Å². The lowest BCUT2D eigenvalue weighted by atomic mass is 9.88. The zero-order chi connectivity index (χ0) is 10.5. The predicted octanol–water partition coefficient (Wildman–Crippen LogP) is 3.61. The van der Waals surface area contributed by atoms with Crippen LogP contribution in [0.1, 0.15) is 60.3 Å². The minimum atomic E-state index is -0.0812. The highest BCUT2D eigenvalue weighted by Gasteiger charge is 2.12. The molecule has 1 atom stereocenters. The van der Waals surface area contributed by atoms with E-state index in [1.54, 1.807) is 0 Å². The van der Waals surface area contributed by atoms with Gasteiger partial charge in [-0.05, 0) is 30.6 Å². The Bertz CT molecular complexity index is 122. The molecule has 0 saturated heterocycles. The van der Waals surface area contributed by atoms with Crippen LogP contribution in [0.25, 0.3) is 0 Å². The van der Waals surface area contributed by atoms with E-state index in [-0.39, 0.29) is 6.10 Å². The monoisotopic (exact) mass is 186 g/mol. The molecule has 80 valence electrons. The molecule has 0 heterocycles. The Morgan fingerprint density at radius 2 is 1.69 bits per heavy atom. The van der Waals surface area contributed by atoms with Crippen LogP contribution >= 0.6 is 0 Å². The van der Waals surface area contributed by atoms with Gasteiger partial charge < -0.3 is 5.11 Å². The number of rotatable bonds is 5. The van der Waals surface area contributed by atoms with Gasteiger partial charge in [0.05, 0.1) is 6.10 Å². The van der Waals surface area contributed by atoms with Crippen LogP contribution in [0.4, 0.5) is 0 Å². The van der Waals surface area contributed by atoms with E-state index < -0.39 is 0 Å². The van der Waals surface area contributed by atoms with Gasteiger partial charge in [0, 0.05) is 0 Å². The van der Waals surface area contributed by atoms with Crippen molar-refractivity contribution in [1.82, 2.24) is 0 Å². The standard InChI is InChI=1S/C12H26O/c1-10(2)9-11(13)7-6-8-12(3,4)5/h10-11,13H,6-9H2,1-5H3. The fraction of sp³-hybridized carbons (Fsp3) is 1.00. The molecular formula is C12H26O. The molecule has 13 heavy (non-hydrogen) atoms. The van der Waals surface area contributed by atoms with Gasteiger partial charge in [-0.3, -0.25) is 0 Å². The van der Waals surface area contributed by atoms with Crippen LogP contribution in [0.5, 0.6) is 0 Å². The SMILES string of the molecule is CC(C)CC(O)CCCC(C)(C)C. The fourth-order valence-corrected chi connectivity index (χ4v) is 1.53. The first-order valence-electron chi connectivity index (χ1n) is 5.49. The van der Waals surface area contributed by atoms with Crippen molar-refractivity contribution >= 4 is 0 Å². The first kappa shape index (κ1) is 13.0. The number of aliphatic hydroxyl groups is 1. The third-order valence-electron chi connectivity index (χ3n) is 2.21. The second-order valence-corrected chi connectivity index (χ2v) is 5.74. The second-order valence-electron chi connectivity index (χ2n) is 5.74.